The Morgan fingerprint density at radius 3 is 2.53 bits per heavy atom. The summed E-state index contributed by atoms with van der Waals surface area (Å²) in [7, 11) is -1.66. The Morgan fingerprint density at radius 1 is 1.26 bits per heavy atom. The molecule has 0 aliphatic rings. The van der Waals surface area contributed by atoms with Gasteiger partial charge in [-0.15, -0.1) is 10.2 Å². The largest absolute Gasteiger partial charge is 0.385 e. The number of methoxy groups -OCH3 is 1. The van der Waals surface area contributed by atoms with Crippen LogP contribution in [0.1, 0.15) is 19.8 Å². The first-order valence-electron chi connectivity index (χ1n) is 6.14. The fraction of sp³-hybridized carbons (Fsp3) is 0.636. The molecule has 8 heteroatoms. The number of rotatable bonds is 9. The summed E-state index contributed by atoms with van der Waals surface area (Å²) in [6.45, 7) is 3.21. The molecular weight excluding hydrogens is 268 g/mol. The van der Waals surface area contributed by atoms with Crippen molar-refractivity contribution in [2.75, 3.05) is 36.1 Å². The van der Waals surface area contributed by atoms with E-state index >= 15 is 0 Å². The van der Waals surface area contributed by atoms with E-state index in [2.05, 4.69) is 20.2 Å². The highest BCUT2D eigenvalue weighted by molar-refractivity contribution is 7.92. The molecule has 1 aromatic rings. The second kappa shape index (κ2) is 7.90. The fourth-order valence-corrected chi connectivity index (χ4v) is 2.46. The third kappa shape index (κ3) is 6.35. The average molecular weight is 288 g/mol. The molecule has 0 bridgehead atoms. The highest BCUT2D eigenvalue weighted by Crippen LogP contribution is 2.08. The van der Waals surface area contributed by atoms with Crippen LogP contribution in [0.25, 0.3) is 0 Å². The molecule has 0 saturated carbocycles. The van der Waals surface area contributed by atoms with Gasteiger partial charge in [0.25, 0.3) is 0 Å². The minimum atomic E-state index is -3.31. The Labute approximate surface area is 113 Å². The van der Waals surface area contributed by atoms with Crippen molar-refractivity contribution in [3.8, 4) is 0 Å². The second-order valence-electron chi connectivity index (χ2n) is 4.00. The van der Waals surface area contributed by atoms with E-state index in [9.17, 15) is 8.42 Å². The normalized spacial score (nSPS) is 11.3. The van der Waals surface area contributed by atoms with Gasteiger partial charge in [0, 0.05) is 20.3 Å². The molecular formula is C11H20N4O3S. The molecule has 19 heavy (non-hydrogen) atoms. The summed E-state index contributed by atoms with van der Waals surface area (Å²) in [4.78, 5) is 0. The summed E-state index contributed by atoms with van der Waals surface area (Å²) in [5, 5.41) is 10.8. The van der Waals surface area contributed by atoms with Crippen LogP contribution in [0.5, 0.6) is 0 Å². The summed E-state index contributed by atoms with van der Waals surface area (Å²) >= 11 is 0. The first-order chi connectivity index (χ1) is 9.07. The molecule has 7 nitrogen and oxygen atoms in total. The van der Waals surface area contributed by atoms with Gasteiger partial charge < -0.3 is 10.1 Å². The zero-order valence-corrected chi connectivity index (χ0v) is 12.0. The van der Waals surface area contributed by atoms with Crippen molar-refractivity contribution in [3.05, 3.63) is 12.1 Å². The third-order valence-corrected chi connectivity index (χ3v) is 3.69. The van der Waals surface area contributed by atoms with Crippen LogP contribution < -0.4 is 10.0 Å². The topological polar surface area (TPSA) is 93.2 Å². The van der Waals surface area contributed by atoms with Gasteiger partial charge in [0.2, 0.25) is 10.0 Å². The zero-order chi connectivity index (χ0) is 14.1. The summed E-state index contributed by atoms with van der Waals surface area (Å²) in [6.07, 6.45) is 1.42. The molecule has 1 rings (SSSR count). The van der Waals surface area contributed by atoms with Crippen LogP contribution in [-0.4, -0.2) is 44.6 Å². The van der Waals surface area contributed by atoms with E-state index in [0.29, 0.717) is 18.8 Å². The average Bonchev–Trinajstić information content (AvgIpc) is 2.36. The summed E-state index contributed by atoms with van der Waals surface area (Å²) in [5.74, 6) is 0.913. The molecule has 2 N–H and O–H groups in total. The van der Waals surface area contributed by atoms with Crippen molar-refractivity contribution in [3.63, 3.8) is 0 Å². The van der Waals surface area contributed by atoms with Gasteiger partial charge in [-0.3, -0.25) is 4.72 Å². The lowest BCUT2D eigenvalue weighted by molar-refractivity contribution is 0.197. The number of anilines is 2. The summed E-state index contributed by atoms with van der Waals surface area (Å²) in [5.41, 5.74) is 0. The van der Waals surface area contributed by atoms with Crippen LogP contribution in [0.4, 0.5) is 11.6 Å². The number of hydrogen-bond donors (Lipinski definition) is 2. The van der Waals surface area contributed by atoms with Crippen molar-refractivity contribution in [2.24, 2.45) is 0 Å². The van der Waals surface area contributed by atoms with E-state index in [0.717, 1.165) is 13.0 Å². The van der Waals surface area contributed by atoms with Crippen molar-refractivity contribution < 1.29 is 13.2 Å². The quantitative estimate of drug-likeness (QED) is 0.660. The van der Waals surface area contributed by atoms with Crippen LogP contribution in [0.2, 0.25) is 0 Å². The molecule has 0 aliphatic carbocycles. The van der Waals surface area contributed by atoms with Crippen molar-refractivity contribution in [1.29, 1.82) is 0 Å². The first-order valence-corrected chi connectivity index (χ1v) is 7.79. The Hall–Kier alpha value is -1.41. The molecule has 0 saturated heterocycles. The molecule has 0 unspecified atom stereocenters. The zero-order valence-electron chi connectivity index (χ0n) is 11.2. The van der Waals surface area contributed by atoms with E-state index in [4.69, 9.17) is 4.74 Å². The first kappa shape index (κ1) is 15.6. The van der Waals surface area contributed by atoms with Crippen LogP contribution in [0, 0.1) is 0 Å². The Kier molecular flexibility index (Phi) is 6.51. The van der Waals surface area contributed by atoms with E-state index in [-0.39, 0.29) is 11.6 Å². The fourth-order valence-electron chi connectivity index (χ4n) is 1.39. The predicted octanol–water partition coefficient (Wildman–Crippen LogP) is 1.08. The molecule has 1 heterocycles. The van der Waals surface area contributed by atoms with Crippen molar-refractivity contribution >= 4 is 21.7 Å². The van der Waals surface area contributed by atoms with Gasteiger partial charge in [0.15, 0.2) is 5.82 Å². The number of sulfonamides is 1. The predicted molar refractivity (Wildman–Crippen MR) is 74.7 cm³/mol. The van der Waals surface area contributed by atoms with Gasteiger partial charge in [-0.25, -0.2) is 8.42 Å². The Bertz CT molecular complexity index is 461. The number of nitrogens with one attached hydrogen (secondary N) is 2. The molecule has 0 amide bonds. The molecule has 0 spiro atoms. The lowest BCUT2D eigenvalue weighted by Crippen LogP contribution is -2.17. The van der Waals surface area contributed by atoms with E-state index in [1.165, 1.54) is 0 Å². The summed E-state index contributed by atoms with van der Waals surface area (Å²) in [6, 6.07) is 3.27. The maximum Gasteiger partial charge on any atom is 0.233 e. The second-order valence-corrected chi connectivity index (χ2v) is 5.84. The standard InChI is InChI=1S/C11H20N4O3S/c1-3-9-19(16,17)15-11-6-5-10(13-14-11)12-7-4-8-18-2/h5-6H,3-4,7-9H2,1-2H3,(H,12,13)(H,14,15). The maximum atomic E-state index is 11.5. The van der Waals surface area contributed by atoms with Gasteiger partial charge >= 0.3 is 0 Å². The van der Waals surface area contributed by atoms with Crippen molar-refractivity contribution in [1.82, 2.24) is 10.2 Å². The summed E-state index contributed by atoms with van der Waals surface area (Å²) < 4.78 is 30.3. The smallest absolute Gasteiger partial charge is 0.233 e. The van der Waals surface area contributed by atoms with Gasteiger partial charge in [0.05, 0.1) is 5.75 Å². The SMILES string of the molecule is CCCS(=O)(=O)Nc1ccc(NCCCOC)nn1. The molecule has 108 valence electrons. The van der Waals surface area contributed by atoms with Crippen LogP contribution in [0.3, 0.4) is 0 Å². The number of nitrogens with zero attached hydrogens (tertiary/aromatic N) is 2. The van der Waals surface area contributed by atoms with Gasteiger partial charge in [0.1, 0.15) is 5.82 Å². The minimum Gasteiger partial charge on any atom is -0.385 e. The van der Waals surface area contributed by atoms with E-state index in [1.807, 2.05) is 0 Å². The highest BCUT2D eigenvalue weighted by atomic mass is 32.2. The van der Waals surface area contributed by atoms with E-state index in [1.54, 1.807) is 26.2 Å². The van der Waals surface area contributed by atoms with Gasteiger partial charge in [-0.2, -0.15) is 0 Å². The molecule has 0 fully saturated rings. The Balaban J connectivity index is 2.47. The van der Waals surface area contributed by atoms with Crippen LogP contribution in [-0.2, 0) is 14.8 Å². The maximum absolute atomic E-state index is 11.5. The monoisotopic (exact) mass is 288 g/mol. The molecule has 1 aromatic heterocycles. The minimum absolute atomic E-state index is 0.0751. The molecule has 0 radical (unpaired) electrons. The highest BCUT2D eigenvalue weighted by Gasteiger charge is 2.09. The lowest BCUT2D eigenvalue weighted by atomic mass is 10.4. The third-order valence-electron chi connectivity index (χ3n) is 2.23. The lowest BCUT2D eigenvalue weighted by Gasteiger charge is -2.07. The van der Waals surface area contributed by atoms with Crippen molar-refractivity contribution in [2.45, 2.75) is 19.8 Å². The molecule has 0 atom stereocenters. The Morgan fingerprint density at radius 2 is 1.95 bits per heavy atom. The van der Waals surface area contributed by atoms with E-state index < -0.39 is 10.0 Å². The van der Waals surface area contributed by atoms with Crippen LogP contribution >= 0.6 is 0 Å². The van der Waals surface area contributed by atoms with Gasteiger partial charge in [-0.05, 0) is 25.0 Å². The molecule has 0 aliphatic heterocycles. The molecule has 0 aromatic carbocycles. The number of hydrogen-bond acceptors (Lipinski definition) is 6. The number of aromatic nitrogens is 2. The van der Waals surface area contributed by atoms with Crippen LogP contribution in [0.15, 0.2) is 12.1 Å². The van der Waals surface area contributed by atoms with Gasteiger partial charge in [-0.1, -0.05) is 6.92 Å². The number of ether oxygens (including phenoxy) is 1.